The van der Waals surface area contributed by atoms with Crippen molar-refractivity contribution in [1.82, 2.24) is 10.6 Å². The molecule has 0 spiro atoms. The molecule has 134 valence electrons. The molecule has 2 N–H and O–H groups in total. The van der Waals surface area contributed by atoms with Crippen molar-refractivity contribution in [3.8, 4) is 5.75 Å². The highest BCUT2D eigenvalue weighted by molar-refractivity contribution is 9.10. The Morgan fingerprint density at radius 2 is 1.76 bits per heavy atom. The maximum absolute atomic E-state index is 11.9. The predicted octanol–water partition coefficient (Wildman–Crippen LogP) is 4.89. The van der Waals surface area contributed by atoms with Crippen LogP contribution in [0.5, 0.6) is 5.75 Å². The number of hydrogen-bond acceptors (Lipinski definition) is 2. The summed E-state index contributed by atoms with van der Waals surface area (Å²) < 4.78 is 6.79. The average Bonchev–Trinajstić information content (AvgIpc) is 2.55. The molecule has 0 heterocycles. The number of amides is 2. The largest absolute Gasteiger partial charge is 0.473 e. The average molecular weight is 405 g/mol. The van der Waals surface area contributed by atoms with Crippen molar-refractivity contribution in [2.24, 2.45) is 0 Å². The Bertz CT molecular complexity index is 721. The number of aryl methyl sites for hydroxylation is 1. The molecule has 2 rings (SSSR count). The summed E-state index contributed by atoms with van der Waals surface area (Å²) in [4.78, 5) is 11.9. The number of hydrogen-bond donors (Lipinski definition) is 2. The quantitative estimate of drug-likeness (QED) is 0.696. The summed E-state index contributed by atoms with van der Waals surface area (Å²) in [5.41, 5.74) is 3.33. The van der Waals surface area contributed by atoms with E-state index in [9.17, 15) is 4.79 Å². The molecule has 0 radical (unpaired) electrons. The lowest BCUT2D eigenvalue weighted by Gasteiger charge is -2.23. The van der Waals surface area contributed by atoms with Gasteiger partial charge in [0.15, 0.2) is 6.73 Å². The number of rotatable bonds is 5. The first-order chi connectivity index (χ1) is 11.8. The number of nitrogens with one attached hydrogen (secondary N) is 2. The predicted molar refractivity (Wildman–Crippen MR) is 105 cm³/mol. The Balaban J connectivity index is 1.84. The highest BCUT2D eigenvalue weighted by Crippen LogP contribution is 2.31. The molecule has 0 fully saturated rings. The molecule has 0 atom stereocenters. The van der Waals surface area contributed by atoms with E-state index in [1.807, 2.05) is 36.4 Å². The van der Waals surface area contributed by atoms with Crippen LogP contribution < -0.4 is 15.4 Å². The van der Waals surface area contributed by atoms with E-state index in [0.717, 1.165) is 21.3 Å². The van der Waals surface area contributed by atoms with Crippen LogP contribution in [0.25, 0.3) is 0 Å². The van der Waals surface area contributed by atoms with Crippen molar-refractivity contribution in [1.29, 1.82) is 0 Å². The van der Waals surface area contributed by atoms with Gasteiger partial charge in [0.05, 0.1) is 0 Å². The summed E-state index contributed by atoms with van der Waals surface area (Å²) in [6.45, 7) is 9.09. The number of halogens is 1. The van der Waals surface area contributed by atoms with Crippen LogP contribution in [-0.2, 0) is 12.0 Å². The minimum absolute atomic E-state index is 0.0226. The van der Waals surface area contributed by atoms with Gasteiger partial charge in [-0.2, -0.15) is 0 Å². The second-order valence-corrected chi connectivity index (χ2v) is 7.94. The zero-order valence-electron chi connectivity index (χ0n) is 15.2. The number of carbonyl (C=O) groups excluding carboxylic acids is 1. The summed E-state index contributed by atoms with van der Waals surface area (Å²) in [6.07, 6.45) is 0. The van der Waals surface area contributed by atoms with Gasteiger partial charge in [0.2, 0.25) is 0 Å². The van der Waals surface area contributed by atoms with E-state index in [2.05, 4.69) is 60.3 Å². The number of benzene rings is 2. The fraction of sp³-hybridized carbons (Fsp3) is 0.350. The molecule has 0 aliphatic rings. The molecule has 0 aliphatic heterocycles. The molecule has 0 saturated carbocycles. The molecule has 2 amide bonds. The summed E-state index contributed by atoms with van der Waals surface area (Å²) in [7, 11) is 0. The zero-order valence-corrected chi connectivity index (χ0v) is 16.7. The fourth-order valence-electron chi connectivity index (χ4n) is 2.38. The second kappa shape index (κ2) is 8.39. The van der Waals surface area contributed by atoms with Gasteiger partial charge < -0.3 is 15.4 Å². The third-order valence-electron chi connectivity index (χ3n) is 3.77. The third kappa shape index (κ3) is 6.09. The maximum Gasteiger partial charge on any atom is 0.317 e. The third-order valence-corrected chi connectivity index (χ3v) is 4.30. The second-order valence-electron chi connectivity index (χ2n) is 7.02. The van der Waals surface area contributed by atoms with Crippen LogP contribution in [0.3, 0.4) is 0 Å². The Morgan fingerprint density at radius 1 is 1.08 bits per heavy atom. The zero-order chi connectivity index (χ0) is 18.4. The van der Waals surface area contributed by atoms with Crippen LogP contribution >= 0.6 is 15.9 Å². The minimum Gasteiger partial charge on any atom is -0.473 e. The van der Waals surface area contributed by atoms with Crippen molar-refractivity contribution in [3.05, 3.63) is 63.6 Å². The van der Waals surface area contributed by atoms with Crippen molar-refractivity contribution in [3.63, 3.8) is 0 Å². The molecule has 25 heavy (non-hydrogen) atoms. The summed E-state index contributed by atoms with van der Waals surface area (Å²) in [5, 5.41) is 5.54. The van der Waals surface area contributed by atoms with E-state index in [0.29, 0.717) is 6.54 Å². The first kappa shape index (κ1) is 19.3. The molecule has 0 aliphatic carbocycles. The first-order valence-corrected chi connectivity index (χ1v) is 9.05. The Morgan fingerprint density at radius 3 is 2.40 bits per heavy atom. The molecule has 0 bridgehead atoms. The van der Waals surface area contributed by atoms with Crippen LogP contribution in [0.1, 0.15) is 37.5 Å². The topological polar surface area (TPSA) is 50.4 Å². The molecule has 5 heteroatoms. The van der Waals surface area contributed by atoms with Crippen molar-refractivity contribution in [2.45, 2.75) is 39.7 Å². The van der Waals surface area contributed by atoms with Gasteiger partial charge in [-0.1, -0.05) is 66.5 Å². The maximum atomic E-state index is 11.9. The normalized spacial score (nSPS) is 11.1. The monoisotopic (exact) mass is 404 g/mol. The van der Waals surface area contributed by atoms with Crippen LogP contribution in [0.15, 0.2) is 46.9 Å². The lowest BCUT2D eigenvalue weighted by Crippen LogP contribution is -2.37. The Labute approximate surface area is 158 Å². The van der Waals surface area contributed by atoms with E-state index >= 15 is 0 Å². The van der Waals surface area contributed by atoms with Gasteiger partial charge >= 0.3 is 6.03 Å². The molecule has 0 aromatic heterocycles. The molecule has 2 aromatic rings. The summed E-state index contributed by atoms with van der Waals surface area (Å²) >= 11 is 3.39. The molecular formula is C20H25BrN2O2. The first-order valence-electron chi connectivity index (χ1n) is 8.26. The van der Waals surface area contributed by atoms with E-state index in [-0.39, 0.29) is 18.2 Å². The lowest BCUT2D eigenvalue weighted by molar-refractivity contribution is 0.222. The van der Waals surface area contributed by atoms with Crippen LogP contribution in [0, 0.1) is 6.92 Å². The van der Waals surface area contributed by atoms with Gasteiger partial charge in [0, 0.05) is 11.0 Å². The molecule has 2 aromatic carbocycles. The Hall–Kier alpha value is -2.01. The van der Waals surface area contributed by atoms with Crippen molar-refractivity contribution in [2.75, 3.05) is 6.73 Å². The van der Waals surface area contributed by atoms with Crippen LogP contribution in [0.2, 0.25) is 0 Å². The summed E-state index contributed by atoms with van der Waals surface area (Å²) in [5.74, 6) is 0.798. The number of urea groups is 1. The van der Waals surface area contributed by atoms with E-state index in [4.69, 9.17) is 4.74 Å². The van der Waals surface area contributed by atoms with E-state index < -0.39 is 0 Å². The molecule has 0 saturated heterocycles. The van der Waals surface area contributed by atoms with Gasteiger partial charge in [-0.15, -0.1) is 0 Å². The lowest BCUT2D eigenvalue weighted by atomic mass is 9.85. The van der Waals surface area contributed by atoms with Gasteiger partial charge in [-0.05, 0) is 41.7 Å². The molecule has 4 nitrogen and oxygen atoms in total. The number of carbonyl (C=O) groups is 1. The standard InChI is InChI=1S/C20H25BrN2O2/c1-14-5-10-18(17(11-14)20(2,3)4)25-13-23-19(24)22-12-15-6-8-16(21)9-7-15/h5-11H,12-13H2,1-4H3,(H2,22,23,24). The van der Waals surface area contributed by atoms with Gasteiger partial charge in [0.25, 0.3) is 0 Å². The fourth-order valence-corrected chi connectivity index (χ4v) is 2.65. The van der Waals surface area contributed by atoms with Crippen molar-refractivity contribution >= 4 is 22.0 Å². The van der Waals surface area contributed by atoms with Crippen LogP contribution in [0.4, 0.5) is 4.79 Å². The molecular weight excluding hydrogens is 380 g/mol. The smallest absolute Gasteiger partial charge is 0.317 e. The molecule has 0 unspecified atom stereocenters. The van der Waals surface area contributed by atoms with E-state index in [1.54, 1.807) is 0 Å². The summed E-state index contributed by atoms with van der Waals surface area (Å²) in [6, 6.07) is 13.7. The van der Waals surface area contributed by atoms with E-state index in [1.165, 1.54) is 5.56 Å². The highest BCUT2D eigenvalue weighted by Gasteiger charge is 2.19. The van der Waals surface area contributed by atoms with Gasteiger partial charge in [0.1, 0.15) is 5.75 Å². The minimum atomic E-state index is -0.257. The van der Waals surface area contributed by atoms with Crippen LogP contribution in [-0.4, -0.2) is 12.8 Å². The highest BCUT2D eigenvalue weighted by atomic mass is 79.9. The van der Waals surface area contributed by atoms with Gasteiger partial charge in [-0.25, -0.2) is 4.79 Å². The number of ether oxygens (including phenoxy) is 1. The van der Waals surface area contributed by atoms with Crippen molar-refractivity contribution < 1.29 is 9.53 Å². The SMILES string of the molecule is Cc1ccc(OCNC(=O)NCc2ccc(Br)cc2)c(C(C)(C)C)c1. The van der Waals surface area contributed by atoms with Gasteiger partial charge in [-0.3, -0.25) is 0 Å². The Kier molecular flexibility index (Phi) is 6.48.